The molecule has 0 spiro atoms. The quantitative estimate of drug-likeness (QED) is 0.208. The zero-order valence-corrected chi connectivity index (χ0v) is 24.5. The fraction of sp³-hybridized carbons (Fsp3) is 0. The molecule has 3 heterocycles. The summed E-state index contributed by atoms with van der Waals surface area (Å²) in [5.74, 6) is 0.738. The zero-order chi connectivity index (χ0) is 29.0. The van der Waals surface area contributed by atoms with Crippen molar-refractivity contribution in [3.05, 3.63) is 152 Å². The van der Waals surface area contributed by atoms with Gasteiger partial charge in [-0.25, -0.2) is 9.97 Å². The number of hydrogen-bond acceptors (Lipinski definition) is 3. The van der Waals surface area contributed by atoms with Gasteiger partial charge in [-0.3, -0.25) is 0 Å². The number of rotatable bonds is 4. The highest BCUT2D eigenvalue weighted by Gasteiger charge is 2.20. The molecule has 0 radical (unpaired) electrons. The fourth-order valence-electron chi connectivity index (χ4n) is 6.42. The summed E-state index contributed by atoms with van der Waals surface area (Å²) in [7, 11) is 0. The predicted octanol–water partition coefficient (Wildman–Crippen LogP) is 10.9. The van der Waals surface area contributed by atoms with Gasteiger partial charge >= 0.3 is 0 Å². The SMILES string of the molecule is c1ccc(-c2nc(-c3ccc(-n4c5ccccc5c5ccccc54)cc3-c3ccccc3)c3sc4ccccc4c3n2)cc1. The molecule has 0 saturated carbocycles. The molecule has 0 N–H and O–H groups in total. The van der Waals surface area contributed by atoms with E-state index < -0.39 is 0 Å². The minimum absolute atomic E-state index is 0.738. The third kappa shape index (κ3) is 3.89. The lowest BCUT2D eigenvalue weighted by Crippen LogP contribution is -1.98. The summed E-state index contributed by atoms with van der Waals surface area (Å²) in [5.41, 5.74) is 9.87. The summed E-state index contributed by atoms with van der Waals surface area (Å²) < 4.78 is 4.70. The van der Waals surface area contributed by atoms with Crippen molar-refractivity contribution in [3.8, 4) is 39.5 Å². The van der Waals surface area contributed by atoms with Gasteiger partial charge in [-0.2, -0.15) is 0 Å². The molecule has 0 atom stereocenters. The molecule has 6 aromatic carbocycles. The smallest absolute Gasteiger partial charge is 0.160 e. The van der Waals surface area contributed by atoms with E-state index >= 15 is 0 Å². The number of hydrogen-bond donors (Lipinski definition) is 0. The topological polar surface area (TPSA) is 30.7 Å². The largest absolute Gasteiger partial charge is 0.309 e. The van der Waals surface area contributed by atoms with E-state index in [4.69, 9.17) is 9.97 Å². The van der Waals surface area contributed by atoms with Crippen molar-refractivity contribution in [1.29, 1.82) is 0 Å². The van der Waals surface area contributed by atoms with Crippen LogP contribution in [0.1, 0.15) is 0 Å². The van der Waals surface area contributed by atoms with Crippen molar-refractivity contribution in [1.82, 2.24) is 14.5 Å². The number of benzene rings is 6. The van der Waals surface area contributed by atoms with Gasteiger partial charge in [0.15, 0.2) is 5.82 Å². The first-order valence-corrected chi connectivity index (χ1v) is 15.6. The highest BCUT2D eigenvalue weighted by atomic mass is 32.1. The second-order valence-corrected chi connectivity index (χ2v) is 12.1. The molecule has 0 saturated heterocycles. The molecule has 0 aliphatic carbocycles. The van der Waals surface area contributed by atoms with Crippen LogP contribution < -0.4 is 0 Å². The normalized spacial score (nSPS) is 11.6. The molecule has 0 amide bonds. The molecule has 3 nitrogen and oxygen atoms in total. The molecule has 0 bridgehead atoms. The monoisotopic (exact) mass is 579 g/mol. The van der Waals surface area contributed by atoms with Crippen LogP contribution in [0.2, 0.25) is 0 Å². The third-order valence-electron chi connectivity index (χ3n) is 8.43. The summed E-state index contributed by atoms with van der Waals surface area (Å²) >= 11 is 1.77. The Labute approximate surface area is 258 Å². The Morgan fingerprint density at radius 2 is 1.07 bits per heavy atom. The van der Waals surface area contributed by atoms with E-state index in [1.54, 1.807) is 11.3 Å². The Morgan fingerprint density at radius 1 is 0.477 bits per heavy atom. The number of thiophene rings is 1. The number of para-hydroxylation sites is 2. The van der Waals surface area contributed by atoms with E-state index in [2.05, 4.69) is 138 Å². The maximum Gasteiger partial charge on any atom is 0.160 e. The molecule has 3 aromatic heterocycles. The average molecular weight is 580 g/mol. The molecule has 44 heavy (non-hydrogen) atoms. The van der Waals surface area contributed by atoms with Crippen molar-refractivity contribution in [2.45, 2.75) is 0 Å². The van der Waals surface area contributed by atoms with Crippen LogP contribution in [0, 0.1) is 0 Å². The van der Waals surface area contributed by atoms with Crippen LogP contribution in [0.25, 0.3) is 81.6 Å². The molecule has 4 heteroatoms. The predicted molar refractivity (Wildman–Crippen MR) is 186 cm³/mol. The van der Waals surface area contributed by atoms with Crippen molar-refractivity contribution in [2.75, 3.05) is 0 Å². The van der Waals surface area contributed by atoms with E-state index in [-0.39, 0.29) is 0 Å². The Bertz CT molecular complexity index is 2440. The Morgan fingerprint density at radius 3 is 1.77 bits per heavy atom. The molecule has 9 rings (SSSR count). The number of fused-ring (bicyclic) bond motifs is 6. The lowest BCUT2D eigenvalue weighted by atomic mass is 9.96. The van der Waals surface area contributed by atoms with E-state index in [1.807, 2.05) is 18.2 Å². The molecule has 0 fully saturated rings. The first-order chi connectivity index (χ1) is 21.8. The van der Waals surface area contributed by atoms with Gasteiger partial charge in [0.05, 0.1) is 26.9 Å². The van der Waals surface area contributed by atoms with E-state index in [9.17, 15) is 0 Å². The van der Waals surface area contributed by atoms with Crippen molar-refractivity contribution >= 4 is 53.4 Å². The summed E-state index contributed by atoms with van der Waals surface area (Å²) in [5, 5.41) is 3.67. The average Bonchev–Trinajstić information content (AvgIpc) is 3.64. The number of aromatic nitrogens is 3. The van der Waals surface area contributed by atoms with Gasteiger partial charge in [0, 0.05) is 37.7 Å². The van der Waals surface area contributed by atoms with Gasteiger partial charge in [0.25, 0.3) is 0 Å². The van der Waals surface area contributed by atoms with Gasteiger partial charge in [-0.15, -0.1) is 11.3 Å². The van der Waals surface area contributed by atoms with Gasteiger partial charge in [0.1, 0.15) is 0 Å². The molecular formula is C40H25N3S. The van der Waals surface area contributed by atoms with Crippen LogP contribution in [-0.2, 0) is 0 Å². The number of nitrogens with zero attached hydrogens (tertiary/aromatic N) is 3. The summed E-state index contributed by atoms with van der Waals surface area (Å²) in [6, 6.07) is 53.6. The van der Waals surface area contributed by atoms with Gasteiger partial charge in [-0.05, 0) is 41.5 Å². The van der Waals surface area contributed by atoms with Gasteiger partial charge < -0.3 is 4.57 Å². The Balaban J connectivity index is 1.37. The van der Waals surface area contributed by atoms with E-state index in [1.165, 1.54) is 26.5 Å². The molecule has 0 aliphatic heterocycles. The first kappa shape index (κ1) is 25.0. The molecule has 0 unspecified atom stereocenters. The first-order valence-electron chi connectivity index (χ1n) is 14.8. The summed E-state index contributed by atoms with van der Waals surface area (Å²) in [4.78, 5) is 10.5. The van der Waals surface area contributed by atoms with E-state index in [0.29, 0.717) is 0 Å². The third-order valence-corrected chi connectivity index (χ3v) is 9.60. The van der Waals surface area contributed by atoms with Crippen LogP contribution in [-0.4, -0.2) is 14.5 Å². The summed E-state index contributed by atoms with van der Waals surface area (Å²) in [6.45, 7) is 0. The van der Waals surface area contributed by atoms with Crippen LogP contribution in [0.15, 0.2) is 152 Å². The molecular weight excluding hydrogens is 555 g/mol. The van der Waals surface area contributed by atoms with Crippen LogP contribution in [0.3, 0.4) is 0 Å². The van der Waals surface area contributed by atoms with Crippen LogP contribution in [0.4, 0.5) is 0 Å². The minimum atomic E-state index is 0.738. The van der Waals surface area contributed by atoms with Crippen molar-refractivity contribution < 1.29 is 0 Å². The highest BCUT2D eigenvalue weighted by Crippen LogP contribution is 2.43. The standard InChI is InChI=1S/C40H25N3S/c1-3-13-26(14-4-1)33-25-28(43-34-20-10-7-17-29(34)30-18-8-11-21-35(30)43)23-24-31(33)37-39-38(32-19-9-12-22-36(32)44-39)42-40(41-37)27-15-5-2-6-16-27/h1-25H. The summed E-state index contributed by atoms with van der Waals surface area (Å²) in [6.07, 6.45) is 0. The fourth-order valence-corrected chi connectivity index (χ4v) is 7.57. The maximum absolute atomic E-state index is 5.31. The second kappa shape index (κ2) is 10.0. The lowest BCUT2D eigenvalue weighted by Gasteiger charge is -2.16. The Kier molecular flexibility index (Phi) is 5.68. The van der Waals surface area contributed by atoms with Gasteiger partial charge in [-0.1, -0.05) is 121 Å². The zero-order valence-electron chi connectivity index (χ0n) is 23.7. The molecule has 206 valence electrons. The lowest BCUT2D eigenvalue weighted by molar-refractivity contribution is 1.18. The maximum atomic E-state index is 5.31. The molecule has 9 aromatic rings. The Hall–Kier alpha value is -5.58. The van der Waals surface area contributed by atoms with Gasteiger partial charge in [0.2, 0.25) is 0 Å². The second-order valence-electron chi connectivity index (χ2n) is 11.0. The van der Waals surface area contributed by atoms with Crippen LogP contribution in [0.5, 0.6) is 0 Å². The minimum Gasteiger partial charge on any atom is -0.309 e. The highest BCUT2D eigenvalue weighted by molar-refractivity contribution is 7.26. The van der Waals surface area contributed by atoms with E-state index in [0.717, 1.165) is 55.1 Å². The molecule has 0 aliphatic rings. The van der Waals surface area contributed by atoms with Crippen molar-refractivity contribution in [2.24, 2.45) is 0 Å². The van der Waals surface area contributed by atoms with Crippen LogP contribution >= 0.6 is 11.3 Å². The van der Waals surface area contributed by atoms with Crippen molar-refractivity contribution in [3.63, 3.8) is 0 Å².